The van der Waals surface area contributed by atoms with Crippen LogP contribution in [0, 0.1) is 5.82 Å². The lowest BCUT2D eigenvalue weighted by Crippen LogP contribution is -2.35. The standard InChI is InChI=1S/C33H33F4N5O4S/c34-26-9-4-5-10-28(26)47(44,45)42-16-6-15-40(19-20-42)29-12-11-23(22-38-29)21-27(43)30-31(33(35,36)37)39-32(46-30)41-17-13-25(14-18-41)24-7-2-1-3-8-24/h1-5,7-12,22,25H,6,13-21H2. The Kier molecular flexibility index (Phi) is 9.33. The summed E-state index contributed by atoms with van der Waals surface area (Å²) in [7, 11) is -4.03. The van der Waals surface area contributed by atoms with Crippen LogP contribution < -0.4 is 9.80 Å². The minimum atomic E-state index is -4.88. The number of anilines is 2. The van der Waals surface area contributed by atoms with E-state index in [-0.39, 0.29) is 42.9 Å². The molecule has 2 aromatic heterocycles. The fourth-order valence-electron chi connectivity index (χ4n) is 6.08. The molecule has 0 radical (unpaired) electrons. The SMILES string of the molecule is O=C(Cc1ccc(N2CCCN(S(=O)(=O)c3ccccc3F)CC2)nc1)c1oc(N2CCC(c3ccccc3)CC2)nc1C(F)(F)F. The third kappa shape index (κ3) is 7.18. The van der Waals surface area contributed by atoms with Crippen molar-refractivity contribution in [2.45, 2.75) is 42.7 Å². The maximum Gasteiger partial charge on any atom is 0.437 e. The molecule has 9 nitrogen and oxygen atoms in total. The predicted molar refractivity (Wildman–Crippen MR) is 166 cm³/mol. The van der Waals surface area contributed by atoms with E-state index in [1.165, 1.54) is 34.3 Å². The van der Waals surface area contributed by atoms with Crippen LogP contribution in [0.4, 0.5) is 29.4 Å². The number of ketones is 1. The molecule has 0 N–H and O–H groups in total. The molecule has 0 spiro atoms. The summed E-state index contributed by atoms with van der Waals surface area (Å²) in [4.78, 5) is 24.4. The number of halogens is 4. The van der Waals surface area contributed by atoms with Crippen LogP contribution >= 0.6 is 0 Å². The second kappa shape index (κ2) is 13.4. The molecular formula is C33H33F4N5O4S. The van der Waals surface area contributed by atoms with Gasteiger partial charge in [-0.3, -0.25) is 4.79 Å². The highest BCUT2D eigenvalue weighted by Gasteiger charge is 2.42. The van der Waals surface area contributed by atoms with Crippen LogP contribution in [-0.2, 0) is 22.6 Å². The fourth-order valence-corrected chi connectivity index (χ4v) is 7.62. The third-order valence-electron chi connectivity index (χ3n) is 8.58. The van der Waals surface area contributed by atoms with Crippen LogP contribution in [0.15, 0.2) is 82.2 Å². The van der Waals surface area contributed by atoms with Crippen molar-refractivity contribution in [1.29, 1.82) is 0 Å². The van der Waals surface area contributed by atoms with E-state index in [4.69, 9.17) is 4.42 Å². The van der Waals surface area contributed by atoms with Gasteiger partial charge < -0.3 is 14.2 Å². The number of nitrogens with zero attached hydrogens (tertiary/aromatic N) is 5. The molecule has 248 valence electrons. The zero-order valence-corrected chi connectivity index (χ0v) is 26.2. The van der Waals surface area contributed by atoms with E-state index in [1.54, 1.807) is 17.0 Å². The number of benzene rings is 2. The van der Waals surface area contributed by atoms with Gasteiger partial charge in [-0.2, -0.15) is 22.5 Å². The Labute approximate surface area is 269 Å². The number of hydrogen-bond donors (Lipinski definition) is 0. The normalized spacial score (nSPS) is 17.1. The van der Waals surface area contributed by atoms with E-state index < -0.39 is 39.3 Å². The summed E-state index contributed by atoms with van der Waals surface area (Å²) in [6.45, 7) is 1.96. The topological polar surface area (TPSA) is 99.9 Å². The van der Waals surface area contributed by atoms with Crippen molar-refractivity contribution < 1.29 is 35.2 Å². The van der Waals surface area contributed by atoms with Gasteiger partial charge in [-0.15, -0.1) is 0 Å². The number of sulfonamides is 1. The van der Waals surface area contributed by atoms with Gasteiger partial charge in [0.25, 0.3) is 6.01 Å². The van der Waals surface area contributed by atoms with Crippen LogP contribution in [0.5, 0.6) is 0 Å². The summed E-state index contributed by atoms with van der Waals surface area (Å²) in [5, 5.41) is 0. The molecule has 14 heteroatoms. The number of piperidine rings is 1. The lowest BCUT2D eigenvalue weighted by atomic mass is 9.90. The van der Waals surface area contributed by atoms with Crippen LogP contribution in [0.2, 0.25) is 0 Å². The van der Waals surface area contributed by atoms with E-state index in [9.17, 15) is 30.8 Å². The van der Waals surface area contributed by atoms with E-state index in [0.717, 1.165) is 6.07 Å². The van der Waals surface area contributed by atoms with Crippen LogP contribution in [0.1, 0.15) is 52.6 Å². The number of aromatic nitrogens is 2. The lowest BCUT2D eigenvalue weighted by molar-refractivity contribution is -0.141. The summed E-state index contributed by atoms with van der Waals surface area (Å²) in [6, 6.07) is 18.2. The summed E-state index contributed by atoms with van der Waals surface area (Å²) < 4.78 is 88.9. The molecule has 0 bridgehead atoms. The highest BCUT2D eigenvalue weighted by atomic mass is 32.2. The molecule has 47 heavy (non-hydrogen) atoms. The van der Waals surface area contributed by atoms with Gasteiger partial charge >= 0.3 is 6.18 Å². The van der Waals surface area contributed by atoms with Crippen LogP contribution in [-0.4, -0.2) is 67.7 Å². The van der Waals surface area contributed by atoms with Gasteiger partial charge in [0.2, 0.25) is 21.6 Å². The molecule has 0 amide bonds. The molecule has 0 atom stereocenters. The molecule has 2 aliphatic rings. The molecular weight excluding hydrogens is 638 g/mol. The van der Waals surface area contributed by atoms with Crippen molar-refractivity contribution in [3.63, 3.8) is 0 Å². The molecule has 2 aromatic carbocycles. The minimum absolute atomic E-state index is 0.108. The highest BCUT2D eigenvalue weighted by Crippen LogP contribution is 2.37. The average Bonchev–Trinajstić information content (AvgIpc) is 3.38. The molecule has 4 aromatic rings. The zero-order valence-electron chi connectivity index (χ0n) is 25.4. The van der Waals surface area contributed by atoms with Crippen molar-refractivity contribution in [2.24, 2.45) is 0 Å². The monoisotopic (exact) mass is 671 g/mol. The van der Waals surface area contributed by atoms with Crippen molar-refractivity contribution in [3.05, 3.63) is 101 Å². The number of carbonyl (C=O) groups excluding carboxylic acids is 1. The maximum absolute atomic E-state index is 14.2. The summed E-state index contributed by atoms with van der Waals surface area (Å²) in [5.74, 6) is -1.71. The first kappa shape index (κ1) is 32.6. The maximum atomic E-state index is 14.2. The Morgan fingerprint density at radius 2 is 1.60 bits per heavy atom. The largest absolute Gasteiger partial charge is 0.437 e. The fraction of sp³-hybridized carbons (Fsp3) is 0.364. The lowest BCUT2D eigenvalue weighted by Gasteiger charge is -2.31. The molecule has 4 heterocycles. The summed E-state index contributed by atoms with van der Waals surface area (Å²) in [5.41, 5.74) is 0.218. The number of hydrogen-bond acceptors (Lipinski definition) is 8. The van der Waals surface area contributed by atoms with Crippen molar-refractivity contribution >= 4 is 27.6 Å². The molecule has 2 aliphatic heterocycles. The van der Waals surface area contributed by atoms with Gasteiger partial charge in [0.1, 0.15) is 16.5 Å². The van der Waals surface area contributed by atoms with Crippen molar-refractivity contribution in [3.8, 4) is 0 Å². The number of pyridine rings is 1. The van der Waals surface area contributed by atoms with Gasteiger partial charge in [0.15, 0.2) is 5.69 Å². The second-order valence-electron chi connectivity index (χ2n) is 11.6. The predicted octanol–water partition coefficient (Wildman–Crippen LogP) is 5.94. The van der Waals surface area contributed by atoms with Crippen LogP contribution in [0.25, 0.3) is 0 Å². The molecule has 2 saturated heterocycles. The second-order valence-corrected chi connectivity index (χ2v) is 13.6. The minimum Gasteiger partial charge on any atom is -0.420 e. The van der Waals surface area contributed by atoms with Crippen LogP contribution in [0.3, 0.4) is 0 Å². The molecule has 0 saturated carbocycles. The molecule has 0 aliphatic carbocycles. The van der Waals surface area contributed by atoms with Crippen molar-refractivity contribution in [2.75, 3.05) is 49.1 Å². The first-order valence-corrected chi connectivity index (χ1v) is 16.8. The van der Waals surface area contributed by atoms with Gasteiger partial charge in [-0.25, -0.2) is 17.8 Å². The molecule has 2 fully saturated rings. The Morgan fingerprint density at radius 1 is 0.872 bits per heavy atom. The van der Waals surface area contributed by atoms with Crippen molar-refractivity contribution in [1.82, 2.24) is 14.3 Å². The van der Waals surface area contributed by atoms with Gasteiger partial charge in [-0.1, -0.05) is 48.5 Å². The first-order valence-electron chi connectivity index (χ1n) is 15.4. The Balaban J connectivity index is 1.10. The quantitative estimate of drug-likeness (QED) is 0.168. The van der Waals surface area contributed by atoms with E-state index in [2.05, 4.69) is 9.97 Å². The Bertz CT molecular complexity index is 1810. The zero-order chi connectivity index (χ0) is 33.2. The number of oxazole rings is 1. The van der Waals surface area contributed by atoms with E-state index >= 15 is 0 Å². The van der Waals surface area contributed by atoms with Gasteiger partial charge in [0.05, 0.1) is 0 Å². The first-order chi connectivity index (χ1) is 22.5. The number of Topliss-reactive ketones (excluding diaryl/α,β-unsaturated/α-hetero) is 1. The van der Waals surface area contributed by atoms with Gasteiger partial charge in [0, 0.05) is 51.9 Å². The Morgan fingerprint density at radius 3 is 2.28 bits per heavy atom. The molecule has 0 unspecified atom stereocenters. The number of alkyl halides is 3. The third-order valence-corrected chi connectivity index (χ3v) is 10.5. The summed E-state index contributed by atoms with van der Waals surface area (Å²) >= 11 is 0. The Hall–Kier alpha value is -4.30. The average molecular weight is 672 g/mol. The van der Waals surface area contributed by atoms with E-state index in [1.807, 2.05) is 35.2 Å². The smallest absolute Gasteiger partial charge is 0.420 e. The number of carbonyl (C=O) groups is 1. The van der Waals surface area contributed by atoms with Gasteiger partial charge in [-0.05, 0) is 54.5 Å². The summed E-state index contributed by atoms with van der Waals surface area (Å²) in [6.07, 6.45) is -1.96. The van der Waals surface area contributed by atoms with E-state index in [0.29, 0.717) is 50.3 Å². The highest BCUT2D eigenvalue weighted by molar-refractivity contribution is 7.89. The number of rotatable bonds is 8. The molecule has 6 rings (SSSR count).